The minimum Gasteiger partial charge on any atom is -0.465 e. The number of esters is 1. The van der Waals surface area contributed by atoms with E-state index in [9.17, 15) is 14.0 Å². The van der Waals surface area contributed by atoms with Crippen LogP contribution in [0.15, 0.2) is 58.5 Å². The molecule has 7 heteroatoms. The Morgan fingerprint density at radius 2 is 1.90 bits per heavy atom. The van der Waals surface area contributed by atoms with Crippen molar-refractivity contribution in [3.05, 3.63) is 92.6 Å². The second-order valence-electron chi connectivity index (χ2n) is 6.61. The highest BCUT2D eigenvalue weighted by Gasteiger charge is 2.14. The van der Waals surface area contributed by atoms with Gasteiger partial charge in [0, 0.05) is 30.5 Å². The third-order valence-electron chi connectivity index (χ3n) is 4.56. The highest BCUT2D eigenvalue weighted by atomic mass is 32.2. The topological polar surface area (TPSA) is 61.2 Å². The summed E-state index contributed by atoms with van der Waals surface area (Å²) in [6.45, 7) is 1.81. The van der Waals surface area contributed by atoms with E-state index in [1.165, 1.54) is 35.6 Å². The molecular formula is C22H21FN2O3S. The van der Waals surface area contributed by atoms with Crippen molar-refractivity contribution in [2.75, 3.05) is 7.11 Å². The fourth-order valence-corrected chi connectivity index (χ4v) is 3.88. The van der Waals surface area contributed by atoms with E-state index >= 15 is 0 Å². The molecule has 0 bridgehead atoms. The van der Waals surface area contributed by atoms with Crippen LogP contribution < -0.4 is 5.56 Å². The molecule has 0 fully saturated rings. The van der Waals surface area contributed by atoms with Gasteiger partial charge in [-0.1, -0.05) is 36.0 Å². The standard InChI is InChI=1S/C22H21FN2O3S/c1-14-19(12-15-7-9-18(23)10-8-15)20(26)25(2)22(24-14)29-13-16-5-4-6-17(11-16)21(27)28-3/h4-11H,12-13H2,1-3H3. The molecule has 0 aliphatic carbocycles. The van der Waals surface area contributed by atoms with Gasteiger partial charge >= 0.3 is 5.97 Å². The number of nitrogens with zero attached hydrogens (tertiary/aromatic N) is 2. The van der Waals surface area contributed by atoms with Crippen molar-refractivity contribution in [1.82, 2.24) is 9.55 Å². The van der Waals surface area contributed by atoms with Crippen LogP contribution >= 0.6 is 11.8 Å². The molecule has 150 valence electrons. The highest BCUT2D eigenvalue weighted by molar-refractivity contribution is 7.98. The van der Waals surface area contributed by atoms with Gasteiger partial charge in [-0.3, -0.25) is 9.36 Å². The molecule has 0 atom stereocenters. The van der Waals surface area contributed by atoms with Crippen molar-refractivity contribution in [3.8, 4) is 0 Å². The van der Waals surface area contributed by atoms with Gasteiger partial charge in [0.2, 0.25) is 0 Å². The maximum atomic E-state index is 13.1. The number of aryl methyl sites for hydroxylation is 1. The van der Waals surface area contributed by atoms with E-state index in [0.29, 0.717) is 34.2 Å². The molecule has 0 amide bonds. The molecule has 0 aliphatic rings. The Morgan fingerprint density at radius 1 is 1.17 bits per heavy atom. The first-order valence-electron chi connectivity index (χ1n) is 9.00. The van der Waals surface area contributed by atoms with Crippen molar-refractivity contribution < 1.29 is 13.9 Å². The normalized spacial score (nSPS) is 10.8. The van der Waals surface area contributed by atoms with E-state index in [-0.39, 0.29) is 17.3 Å². The van der Waals surface area contributed by atoms with E-state index in [0.717, 1.165) is 11.1 Å². The lowest BCUT2D eigenvalue weighted by atomic mass is 10.1. The molecule has 1 heterocycles. The van der Waals surface area contributed by atoms with Crippen LogP contribution in [0.1, 0.15) is 32.7 Å². The first-order chi connectivity index (χ1) is 13.9. The molecule has 0 spiro atoms. The van der Waals surface area contributed by atoms with Crippen molar-refractivity contribution in [3.63, 3.8) is 0 Å². The predicted octanol–water partition coefficient (Wildman–Crippen LogP) is 3.90. The van der Waals surface area contributed by atoms with Crippen LogP contribution in [0.3, 0.4) is 0 Å². The number of rotatable bonds is 6. The maximum Gasteiger partial charge on any atom is 0.337 e. The third-order valence-corrected chi connectivity index (χ3v) is 5.66. The molecule has 0 saturated carbocycles. The van der Waals surface area contributed by atoms with Gasteiger partial charge in [-0.15, -0.1) is 0 Å². The van der Waals surface area contributed by atoms with Gasteiger partial charge in [0.25, 0.3) is 5.56 Å². The Balaban J connectivity index is 1.80. The first-order valence-corrected chi connectivity index (χ1v) is 9.98. The molecule has 3 aromatic rings. The van der Waals surface area contributed by atoms with Crippen LogP contribution in [-0.4, -0.2) is 22.6 Å². The Labute approximate surface area is 172 Å². The molecule has 0 aliphatic heterocycles. The summed E-state index contributed by atoms with van der Waals surface area (Å²) in [4.78, 5) is 29.1. The van der Waals surface area contributed by atoms with Gasteiger partial charge in [0.05, 0.1) is 12.7 Å². The summed E-state index contributed by atoms with van der Waals surface area (Å²) in [5, 5.41) is 0.596. The lowest BCUT2D eigenvalue weighted by Crippen LogP contribution is -2.25. The summed E-state index contributed by atoms with van der Waals surface area (Å²) in [6, 6.07) is 13.3. The fraction of sp³-hybridized carbons (Fsp3) is 0.227. The smallest absolute Gasteiger partial charge is 0.337 e. The number of hydrogen-bond acceptors (Lipinski definition) is 5. The molecule has 5 nitrogen and oxygen atoms in total. The summed E-state index contributed by atoms with van der Waals surface area (Å²) < 4.78 is 19.4. The van der Waals surface area contributed by atoms with Crippen molar-refractivity contribution in [1.29, 1.82) is 0 Å². The van der Waals surface area contributed by atoms with E-state index in [4.69, 9.17) is 4.74 Å². The maximum absolute atomic E-state index is 13.1. The summed E-state index contributed by atoms with van der Waals surface area (Å²) >= 11 is 1.42. The monoisotopic (exact) mass is 412 g/mol. The van der Waals surface area contributed by atoms with Gasteiger partial charge in [-0.2, -0.15) is 0 Å². The highest BCUT2D eigenvalue weighted by Crippen LogP contribution is 2.22. The Kier molecular flexibility index (Phi) is 6.49. The Hall–Kier alpha value is -2.93. The minimum absolute atomic E-state index is 0.118. The van der Waals surface area contributed by atoms with Crippen LogP contribution in [0.5, 0.6) is 0 Å². The van der Waals surface area contributed by atoms with Crippen LogP contribution in [0.4, 0.5) is 4.39 Å². The molecular weight excluding hydrogens is 391 g/mol. The SMILES string of the molecule is COC(=O)c1cccc(CSc2nc(C)c(Cc3ccc(F)cc3)c(=O)n2C)c1. The minimum atomic E-state index is -0.386. The average molecular weight is 412 g/mol. The number of ether oxygens (including phenoxy) is 1. The van der Waals surface area contributed by atoms with Gasteiger partial charge in [-0.05, 0) is 42.3 Å². The number of benzene rings is 2. The zero-order valence-electron chi connectivity index (χ0n) is 16.4. The summed E-state index contributed by atoms with van der Waals surface area (Å²) in [7, 11) is 3.04. The fourth-order valence-electron chi connectivity index (χ4n) is 2.92. The molecule has 0 N–H and O–H groups in total. The number of halogens is 1. The van der Waals surface area contributed by atoms with Gasteiger partial charge < -0.3 is 4.74 Å². The van der Waals surface area contributed by atoms with Crippen LogP contribution in [0, 0.1) is 12.7 Å². The van der Waals surface area contributed by atoms with E-state index in [2.05, 4.69) is 4.98 Å². The number of carbonyl (C=O) groups excluding carboxylic acids is 1. The van der Waals surface area contributed by atoms with Gasteiger partial charge in [0.1, 0.15) is 5.82 Å². The second-order valence-corrected chi connectivity index (χ2v) is 7.55. The lowest BCUT2D eigenvalue weighted by Gasteiger charge is -2.12. The predicted molar refractivity (Wildman–Crippen MR) is 111 cm³/mol. The molecule has 1 aromatic heterocycles. The molecule has 0 radical (unpaired) electrons. The average Bonchev–Trinajstić information content (AvgIpc) is 2.73. The quantitative estimate of drug-likeness (QED) is 0.349. The van der Waals surface area contributed by atoms with E-state index in [1.807, 2.05) is 13.0 Å². The lowest BCUT2D eigenvalue weighted by molar-refractivity contribution is 0.0600. The molecule has 29 heavy (non-hydrogen) atoms. The molecule has 2 aromatic carbocycles. The summed E-state index contributed by atoms with van der Waals surface area (Å²) in [6.07, 6.45) is 0.401. The van der Waals surface area contributed by atoms with Crippen LogP contribution in [-0.2, 0) is 24.0 Å². The second kappa shape index (κ2) is 9.05. The molecule has 3 rings (SSSR count). The first kappa shape index (κ1) is 20.8. The zero-order valence-corrected chi connectivity index (χ0v) is 17.3. The number of methoxy groups -OCH3 is 1. The molecule has 0 unspecified atom stereocenters. The van der Waals surface area contributed by atoms with Crippen molar-refractivity contribution in [2.24, 2.45) is 7.05 Å². The number of thioether (sulfide) groups is 1. The van der Waals surface area contributed by atoms with E-state index < -0.39 is 0 Å². The van der Waals surface area contributed by atoms with Crippen molar-refractivity contribution >= 4 is 17.7 Å². The Morgan fingerprint density at radius 3 is 2.59 bits per heavy atom. The number of carbonyl (C=O) groups is 1. The zero-order chi connectivity index (χ0) is 21.0. The number of hydrogen-bond donors (Lipinski definition) is 0. The summed E-state index contributed by atoms with van der Waals surface area (Å²) in [5.41, 5.74) is 3.40. The molecule has 0 saturated heterocycles. The van der Waals surface area contributed by atoms with Gasteiger partial charge in [-0.25, -0.2) is 14.2 Å². The Bertz CT molecular complexity index is 1090. The van der Waals surface area contributed by atoms with Crippen LogP contribution in [0.25, 0.3) is 0 Å². The van der Waals surface area contributed by atoms with Crippen LogP contribution in [0.2, 0.25) is 0 Å². The largest absolute Gasteiger partial charge is 0.465 e. The van der Waals surface area contributed by atoms with E-state index in [1.54, 1.807) is 37.4 Å². The number of aromatic nitrogens is 2. The van der Waals surface area contributed by atoms with Gasteiger partial charge in [0.15, 0.2) is 5.16 Å². The third kappa shape index (κ3) is 4.92. The summed E-state index contributed by atoms with van der Waals surface area (Å²) in [5.74, 6) is -0.134. The van der Waals surface area contributed by atoms with Crippen molar-refractivity contribution in [2.45, 2.75) is 24.3 Å².